The largest absolute Gasteiger partial charge is 0.328 e. The Hall–Kier alpha value is -1.00. The van der Waals surface area contributed by atoms with Crippen molar-refractivity contribution in [3.05, 3.63) is 30.1 Å². The minimum absolute atomic E-state index is 0.178. The summed E-state index contributed by atoms with van der Waals surface area (Å²) >= 11 is 2.04. The Morgan fingerprint density at radius 2 is 2.24 bits per heavy atom. The summed E-state index contributed by atoms with van der Waals surface area (Å²) in [6.07, 6.45) is 4.51. The van der Waals surface area contributed by atoms with Crippen LogP contribution in [-0.4, -0.2) is 26.1 Å². The average Bonchev–Trinajstić information content (AvgIpc) is 3.06. The van der Waals surface area contributed by atoms with Crippen molar-refractivity contribution >= 4 is 22.8 Å². The number of aryl methyl sites for hydroxylation is 1. The van der Waals surface area contributed by atoms with Crippen LogP contribution in [0, 0.1) is 0 Å². The molecule has 0 saturated carbocycles. The van der Waals surface area contributed by atoms with Crippen LogP contribution in [0.15, 0.2) is 24.3 Å². The Kier molecular flexibility index (Phi) is 4.27. The van der Waals surface area contributed by atoms with Crippen LogP contribution >= 0.6 is 11.8 Å². The second-order valence-electron chi connectivity index (χ2n) is 6.24. The summed E-state index contributed by atoms with van der Waals surface area (Å²) in [7, 11) is 0. The minimum Gasteiger partial charge on any atom is -0.328 e. The van der Waals surface area contributed by atoms with Gasteiger partial charge in [0.2, 0.25) is 0 Å². The summed E-state index contributed by atoms with van der Waals surface area (Å²) in [5.74, 6) is 2.40. The van der Waals surface area contributed by atoms with Gasteiger partial charge >= 0.3 is 0 Å². The van der Waals surface area contributed by atoms with Gasteiger partial charge in [-0.2, -0.15) is 11.8 Å². The first-order chi connectivity index (χ1) is 10.1. The second-order valence-corrected chi connectivity index (χ2v) is 7.87. The van der Waals surface area contributed by atoms with Gasteiger partial charge in [0.25, 0.3) is 0 Å². The number of rotatable bonds is 5. The summed E-state index contributed by atoms with van der Waals surface area (Å²) in [6, 6.07) is 8.59. The van der Waals surface area contributed by atoms with Crippen molar-refractivity contribution < 1.29 is 0 Å². The molecule has 0 spiro atoms. The lowest BCUT2D eigenvalue weighted by molar-refractivity contribution is 0.466. The van der Waals surface area contributed by atoms with Gasteiger partial charge in [-0.05, 0) is 44.1 Å². The van der Waals surface area contributed by atoms with Crippen molar-refractivity contribution in [2.45, 2.75) is 56.9 Å². The van der Waals surface area contributed by atoms with E-state index in [4.69, 9.17) is 10.7 Å². The van der Waals surface area contributed by atoms with Gasteiger partial charge < -0.3 is 10.3 Å². The molecule has 21 heavy (non-hydrogen) atoms. The lowest BCUT2D eigenvalue weighted by Crippen LogP contribution is -2.43. The van der Waals surface area contributed by atoms with Gasteiger partial charge in [-0.15, -0.1) is 0 Å². The summed E-state index contributed by atoms with van der Waals surface area (Å²) < 4.78 is 2.58. The zero-order valence-electron chi connectivity index (χ0n) is 13.0. The van der Waals surface area contributed by atoms with Crippen LogP contribution in [0.1, 0.15) is 38.9 Å². The SMILES string of the molecule is CCCn1c(CC(N)C2(C)CCCS2)nc2ccccc21. The van der Waals surface area contributed by atoms with Gasteiger partial charge in [0.1, 0.15) is 5.82 Å². The van der Waals surface area contributed by atoms with Gasteiger partial charge in [0.05, 0.1) is 11.0 Å². The second kappa shape index (κ2) is 6.01. The Morgan fingerprint density at radius 1 is 1.43 bits per heavy atom. The van der Waals surface area contributed by atoms with E-state index in [-0.39, 0.29) is 10.8 Å². The number of hydrogen-bond donors (Lipinski definition) is 1. The topological polar surface area (TPSA) is 43.8 Å². The van der Waals surface area contributed by atoms with Gasteiger partial charge in [-0.3, -0.25) is 0 Å². The van der Waals surface area contributed by atoms with E-state index >= 15 is 0 Å². The van der Waals surface area contributed by atoms with E-state index in [0.29, 0.717) is 0 Å². The highest BCUT2D eigenvalue weighted by atomic mass is 32.2. The van der Waals surface area contributed by atoms with Crippen molar-refractivity contribution in [3.63, 3.8) is 0 Å². The summed E-state index contributed by atoms with van der Waals surface area (Å²) in [4.78, 5) is 4.85. The molecule has 1 aromatic heterocycles. The quantitative estimate of drug-likeness (QED) is 0.918. The number of para-hydroxylation sites is 2. The first kappa shape index (κ1) is 14.9. The van der Waals surface area contributed by atoms with Crippen LogP contribution in [0.4, 0.5) is 0 Å². The maximum absolute atomic E-state index is 6.56. The molecule has 1 aliphatic rings. The van der Waals surface area contributed by atoms with Crippen LogP contribution in [-0.2, 0) is 13.0 Å². The number of hydrogen-bond acceptors (Lipinski definition) is 3. The van der Waals surface area contributed by atoms with E-state index in [0.717, 1.165) is 30.7 Å². The van der Waals surface area contributed by atoms with Crippen LogP contribution < -0.4 is 5.73 Å². The molecule has 114 valence electrons. The molecule has 1 saturated heterocycles. The smallest absolute Gasteiger partial charge is 0.111 e. The predicted molar refractivity (Wildman–Crippen MR) is 91.8 cm³/mol. The third-order valence-electron chi connectivity index (χ3n) is 4.62. The number of aromatic nitrogens is 2. The third kappa shape index (κ3) is 2.84. The molecule has 4 heteroatoms. The van der Waals surface area contributed by atoms with E-state index in [1.165, 1.54) is 24.1 Å². The molecule has 0 bridgehead atoms. The van der Waals surface area contributed by atoms with Crippen LogP contribution in [0.25, 0.3) is 11.0 Å². The number of imidazole rings is 1. The predicted octanol–water partition coefficient (Wildman–Crippen LogP) is 3.60. The lowest BCUT2D eigenvalue weighted by Gasteiger charge is -2.30. The van der Waals surface area contributed by atoms with Crippen LogP contribution in [0.5, 0.6) is 0 Å². The highest BCUT2D eigenvalue weighted by Gasteiger charge is 2.36. The van der Waals surface area contributed by atoms with Gasteiger partial charge in [0, 0.05) is 23.8 Å². The van der Waals surface area contributed by atoms with E-state index in [2.05, 4.69) is 42.7 Å². The molecule has 0 aliphatic carbocycles. The molecular weight excluding hydrogens is 278 g/mol. The molecule has 2 aromatic rings. The molecule has 2 unspecified atom stereocenters. The molecule has 3 rings (SSSR count). The van der Waals surface area contributed by atoms with Crippen molar-refractivity contribution in [2.75, 3.05) is 5.75 Å². The van der Waals surface area contributed by atoms with E-state index in [9.17, 15) is 0 Å². The lowest BCUT2D eigenvalue weighted by atomic mass is 9.94. The molecule has 2 atom stereocenters. The first-order valence-electron chi connectivity index (χ1n) is 7.98. The number of benzene rings is 1. The normalized spacial score (nSPS) is 23.8. The summed E-state index contributed by atoms with van der Waals surface area (Å²) in [5.41, 5.74) is 8.89. The zero-order valence-corrected chi connectivity index (χ0v) is 13.8. The number of nitrogens with two attached hydrogens (primary N) is 1. The zero-order chi connectivity index (χ0) is 14.9. The average molecular weight is 303 g/mol. The van der Waals surface area contributed by atoms with Gasteiger partial charge in [-0.1, -0.05) is 19.1 Å². The Labute approximate surface area is 131 Å². The third-order valence-corrected chi connectivity index (χ3v) is 6.28. The maximum atomic E-state index is 6.56. The Morgan fingerprint density at radius 3 is 2.95 bits per heavy atom. The van der Waals surface area contributed by atoms with Gasteiger partial charge in [-0.25, -0.2) is 4.98 Å². The molecule has 0 amide bonds. The molecule has 1 aromatic carbocycles. The molecule has 2 heterocycles. The highest BCUT2D eigenvalue weighted by molar-refractivity contribution is 8.00. The highest BCUT2D eigenvalue weighted by Crippen LogP contribution is 2.40. The van der Waals surface area contributed by atoms with E-state index in [1.54, 1.807) is 0 Å². The van der Waals surface area contributed by atoms with Crippen molar-refractivity contribution in [3.8, 4) is 0 Å². The molecule has 3 nitrogen and oxygen atoms in total. The number of nitrogens with zero attached hydrogens (tertiary/aromatic N) is 2. The molecule has 0 radical (unpaired) electrons. The fourth-order valence-electron chi connectivity index (χ4n) is 3.26. The van der Waals surface area contributed by atoms with Crippen molar-refractivity contribution in [2.24, 2.45) is 5.73 Å². The summed E-state index contributed by atoms with van der Waals surface area (Å²) in [5, 5.41) is 0. The van der Waals surface area contributed by atoms with Crippen molar-refractivity contribution in [1.82, 2.24) is 9.55 Å². The maximum Gasteiger partial charge on any atom is 0.111 e. The minimum atomic E-state index is 0.178. The molecule has 2 N–H and O–H groups in total. The number of fused-ring (bicyclic) bond motifs is 1. The fraction of sp³-hybridized carbons (Fsp3) is 0.588. The van der Waals surface area contributed by atoms with Crippen LogP contribution in [0.2, 0.25) is 0 Å². The standard InChI is InChI=1S/C17H25N3S/c1-3-10-20-14-8-5-4-7-13(14)19-16(20)12-15(18)17(2)9-6-11-21-17/h4-5,7-8,15H,3,6,9-12,18H2,1-2H3. The van der Waals surface area contributed by atoms with Crippen LogP contribution in [0.3, 0.4) is 0 Å². The molecular formula is C17H25N3S. The van der Waals surface area contributed by atoms with E-state index < -0.39 is 0 Å². The van der Waals surface area contributed by atoms with Gasteiger partial charge in [0.15, 0.2) is 0 Å². The summed E-state index contributed by atoms with van der Waals surface area (Å²) in [6.45, 7) is 5.56. The first-order valence-corrected chi connectivity index (χ1v) is 8.96. The molecule has 1 aliphatic heterocycles. The monoisotopic (exact) mass is 303 g/mol. The van der Waals surface area contributed by atoms with Crippen molar-refractivity contribution in [1.29, 1.82) is 0 Å². The fourth-order valence-corrected chi connectivity index (χ4v) is 4.60. The Bertz CT molecular complexity index is 614. The Balaban J connectivity index is 1.90. The van der Waals surface area contributed by atoms with E-state index in [1.807, 2.05) is 11.8 Å². The number of thioether (sulfide) groups is 1. The molecule has 1 fully saturated rings.